The number of nitrogens with one attached hydrogen (secondary N) is 1. The molecule has 0 radical (unpaired) electrons. The minimum Gasteiger partial charge on any atom is -0.494 e. The van der Waals surface area contributed by atoms with Crippen LogP contribution in [0, 0.1) is 0 Å². The van der Waals surface area contributed by atoms with Crippen molar-refractivity contribution in [1.82, 2.24) is 9.62 Å². The fourth-order valence-corrected chi connectivity index (χ4v) is 5.15. The van der Waals surface area contributed by atoms with Gasteiger partial charge in [-0.15, -0.1) is 11.3 Å². The predicted octanol–water partition coefficient (Wildman–Crippen LogP) is 3.18. The number of likely N-dealkylation sites (tertiary alicyclic amines) is 1. The van der Waals surface area contributed by atoms with E-state index >= 15 is 0 Å². The van der Waals surface area contributed by atoms with E-state index in [2.05, 4.69) is 10.8 Å². The summed E-state index contributed by atoms with van der Waals surface area (Å²) < 4.78 is 32.6. The first kappa shape index (κ1) is 19.9. The molecule has 1 aliphatic rings. The first-order valence-corrected chi connectivity index (χ1v) is 11.4. The van der Waals surface area contributed by atoms with Gasteiger partial charge in [-0.05, 0) is 55.5 Å². The highest BCUT2D eigenvalue weighted by atomic mass is 32.2. The maximum absolute atomic E-state index is 12.6. The van der Waals surface area contributed by atoms with Crippen LogP contribution in [0.25, 0.3) is 0 Å². The van der Waals surface area contributed by atoms with Crippen LogP contribution in [0.1, 0.15) is 37.1 Å². The van der Waals surface area contributed by atoms with Gasteiger partial charge in [-0.25, -0.2) is 13.1 Å². The van der Waals surface area contributed by atoms with Crippen molar-refractivity contribution in [2.45, 2.75) is 37.1 Å². The number of nitrogens with zero attached hydrogens (tertiary/aromatic N) is 1. The molecule has 1 aromatic heterocycles. The Morgan fingerprint density at radius 2 is 2.07 bits per heavy atom. The van der Waals surface area contributed by atoms with Gasteiger partial charge in [0.15, 0.2) is 0 Å². The van der Waals surface area contributed by atoms with Crippen LogP contribution >= 0.6 is 11.3 Å². The summed E-state index contributed by atoms with van der Waals surface area (Å²) in [6.45, 7) is 3.21. The average Bonchev–Trinajstić information content (AvgIpc) is 3.33. The lowest BCUT2D eigenvalue weighted by atomic mass is 10.2. The van der Waals surface area contributed by atoms with Crippen LogP contribution in [0.3, 0.4) is 0 Å². The van der Waals surface area contributed by atoms with Gasteiger partial charge in [0.1, 0.15) is 5.75 Å². The molecule has 1 aliphatic heterocycles. The Bertz CT molecular complexity index is 848. The van der Waals surface area contributed by atoms with Gasteiger partial charge < -0.3 is 9.64 Å². The van der Waals surface area contributed by atoms with Crippen molar-refractivity contribution in [3.63, 3.8) is 0 Å². The number of rotatable bonds is 8. The first-order valence-electron chi connectivity index (χ1n) is 9.06. The van der Waals surface area contributed by atoms with Crippen molar-refractivity contribution < 1.29 is 17.9 Å². The van der Waals surface area contributed by atoms with Crippen molar-refractivity contribution in [3.05, 3.63) is 46.7 Å². The Hall–Kier alpha value is -1.90. The van der Waals surface area contributed by atoms with Crippen LogP contribution in [0.5, 0.6) is 5.75 Å². The predicted molar refractivity (Wildman–Crippen MR) is 105 cm³/mol. The monoisotopic (exact) mass is 408 g/mol. The van der Waals surface area contributed by atoms with Crippen LogP contribution < -0.4 is 9.46 Å². The van der Waals surface area contributed by atoms with Crippen LogP contribution in [-0.2, 0) is 14.8 Å². The maximum Gasteiger partial charge on any atom is 0.240 e. The minimum absolute atomic E-state index is 0.0136. The molecule has 1 saturated heterocycles. The Labute approximate surface area is 164 Å². The minimum atomic E-state index is -3.64. The zero-order valence-electron chi connectivity index (χ0n) is 15.3. The standard InChI is InChI=1S/C19H24N2O4S2/c1-2-25-15-7-9-16(10-8-15)27(23,24)20-12-11-19(22)21-13-3-5-17(21)18-6-4-14-26-18/h4,6-10,14,17,20H,2-3,5,11-13H2,1H3/t17-/m1/s1. The van der Waals surface area contributed by atoms with E-state index in [0.717, 1.165) is 19.4 Å². The molecule has 3 rings (SSSR count). The number of hydrogen-bond acceptors (Lipinski definition) is 5. The number of thiophene rings is 1. The molecule has 1 aromatic carbocycles. The fraction of sp³-hybridized carbons (Fsp3) is 0.421. The van der Waals surface area contributed by atoms with E-state index in [9.17, 15) is 13.2 Å². The van der Waals surface area contributed by atoms with Gasteiger partial charge in [-0.3, -0.25) is 4.79 Å². The third kappa shape index (κ3) is 4.88. The summed E-state index contributed by atoms with van der Waals surface area (Å²) in [5.41, 5.74) is 0. The van der Waals surface area contributed by atoms with E-state index in [0.29, 0.717) is 12.4 Å². The van der Waals surface area contributed by atoms with Crippen molar-refractivity contribution in [1.29, 1.82) is 0 Å². The fourth-order valence-electron chi connectivity index (χ4n) is 3.24. The second kappa shape index (κ2) is 8.86. The summed E-state index contributed by atoms with van der Waals surface area (Å²) in [5.74, 6) is 0.612. The molecule has 0 spiro atoms. The molecule has 1 fully saturated rings. The van der Waals surface area contributed by atoms with Gasteiger partial charge in [0.2, 0.25) is 15.9 Å². The summed E-state index contributed by atoms with van der Waals surface area (Å²) in [7, 11) is -3.64. The summed E-state index contributed by atoms with van der Waals surface area (Å²) in [6.07, 6.45) is 2.09. The van der Waals surface area contributed by atoms with Crippen LogP contribution in [0.4, 0.5) is 0 Å². The third-order valence-electron chi connectivity index (χ3n) is 4.52. The van der Waals surface area contributed by atoms with Crippen molar-refractivity contribution in [2.75, 3.05) is 19.7 Å². The van der Waals surface area contributed by atoms with E-state index in [-0.39, 0.29) is 29.8 Å². The maximum atomic E-state index is 12.6. The van der Waals surface area contributed by atoms with Gasteiger partial charge >= 0.3 is 0 Å². The molecule has 0 saturated carbocycles. The number of amides is 1. The number of benzene rings is 1. The van der Waals surface area contributed by atoms with E-state index in [1.165, 1.54) is 17.0 Å². The van der Waals surface area contributed by atoms with Crippen LogP contribution in [0.2, 0.25) is 0 Å². The van der Waals surface area contributed by atoms with E-state index < -0.39 is 10.0 Å². The molecule has 2 aromatic rings. The van der Waals surface area contributed by atoms with Gasteiger partial charge in [-0.2, -0.15) is 0 Å². The molecule has 2 heterocycles. The van der Waals surface area contributed by atoms with Crippen LogP contribution in [0.15, 0.2) is 46.7 Å². The molecule has 0 bridgehead atoms. The highest BCUT2D eigenvalue weighted by Gasteiger charge is 2.30. The summed E-state index contributed by atoms with van der Waals surface area (Å²) >= 11 is 1.66. The van der Waals surface area contributed by atoms with Crippen molar-refractivity contribution >= 4 is 27.3 Å². The number of carbonyl (C=O) groups excluding carboxylic acids is 1. The SMILES string of the molecule is CCOc1ccc(S(=O)(=O)NCCC(=O)N2CCC[C@@H]2c2cccs2)cc1. The lowest BCUT2D eigenvalue weighted by Crippen LogP contribution is -2.34. The van der Waals surface area contributed by atoms with Gasteiger partial charge in [-0.1, -0.05) is 6.07 Å². The summed E-state index contributed by atoms with van der Waals surface area (Å²) in [4.78, 5) is 15.8. The lowest BCUT2D eigenvalue weighted by Gasteiger charge is -2.24. The van der Waals surface area contributed by atoms with Gasteiger partial charge in [0, 0.05) is 24.4 Å². The number of hydrogen-bond donors (Lipinski definition) is 1. The van der Waals surface area contributed by atoms with Gasteiger partial charge in [0.05, 0.1) is 17.5 Å². The molecular formula is C19H24N2O4S2. The molecule has 8 heteroatoms. The number of ether oxygens (including phenoxy) is 1. The van der Waals surface area contributed by atoms with Crippen molar-refractivity contribution in [2.24, 2.45) is 0 Å². The van der Waals surface area contributed by atoms with Gasteiger partial charge in [0.25, 0.3) is 0 Å². The van der Waals surface area contributed by atoms with E-state index in [4.69, 9.17) is 4.74 Å². The highest BCUT2D eigenvalue weighted by molar-refractivity contribution is 7.89. The molecule has 6 nitrogen and oxygen atoms in total. The largest absolute Gasteiger partial charge is 0.494 e. The smallest absolute Gasteiger partial charge is 0.240 e. The second-order valence-corrected chi connectivity index (χ2v) is 9.06. The molecule has 1 N–H and O–H groups in total. The Morgan fingerprint density at radius 3 is 2.74 bits per heavy atom. The Morgan fingerprint density at radius 1 is 1.30 bits per heavy atom. The molecule has 0 aliphatic carbocycles. The number of sulfonamides is 1. The molecule has 27 heavy (non-hydrogen) atoms. The second-order valence-electron chi connectivity index (χ2n) is 6.31. The summed E-state index contributed by atoms with van der Waals surface area (Å²) in [6, 6.07) is 10.4. The Balaban J connectivity index is 1.54. The summed E-state index contributed by atoms with van der Waals surface area (Å²) in [5, 5.41) is 2.02. The quantitative estimate of drug-likeness (QED) is 0.728. The molecule has 146 valence electrons. The zero-order chi connectivity index (χ0) is 19.3. The van der Waals surface area contributed by atoms with E-state index in [1.807, 2.05) is 23.3 Å². The van der Waals surface area contributed by atoms with Crippen molar-refractivity contribution in [3.8, 4) is 5.75 Å². The average molecular weight is 409 g/mol. The molecule has 1 atom stereocenters. The molecular weight excluding hydrogens is 384 g/mol. The first-order chi connectivity index (χ1) is 13.0. The zero-order valence-corrected chi connectivity index (χ0v) is 16.9. The van der Waals surface area contributed by atoms with Crippen LogP contribution in [-0.4, -0.2) is 38.9 Å². The topological polar surface area (TPSA) is 75.7 Å². The van der Waals surface area contributed by atoms with E-state index in [1.54, 1.807) is 23.5 Å². The normalized spacial score (nSPS) is 17.2. The molecule has 0 unspecified atom stereocenters. The molecule has 1 amide bonds. The number of carbonyl (C=O) groups is 1. The third-order valence-corrected chi connectivity index (χ3v) is 6.97. The lowest BCUT2D eigenvalue weighted by molar-refractivity contribution is -0.131. The highest BCUT2D eigenvalue weighted by Crippen LogP contribution is 2.34. The Kier molecular flexibility index (Phi) is 6.51.